The topological polar surface area (TPSA) is 15.3 Å². The molecule has 21 heavy (non-hydrogen) atoms. The molecule has 2 unspecified atom stereocenters. The zero-order valence-electron chi connectivity index (χ0n) is 15.7. The summed E-state index contributed by atoms with van der Waals surface area (Å²) in [6.45, 7) is 20.1. The molecule has 0 spiro atoms. The maximum atomic E-state index is 3.75. The molecule has 0 radical (unpaired) electrons. The van der Waals surface area contributed by atoms with Gasteiger partial charge in [-0.1, -0.05) is 47.5 Å². The highest BCUT2D eigenvalue weighted by Crippen LogP contribution is 2.40. The Morgan fingerprint density at radius 1 is 1.14 bits per heavy atom. The minimum Gasteiger partial charge on any atom is -0.314 e. The summed E-state index contributed by atoms with van der Waals surface area (Å²) in [5.41, 5.74) is 0.487. The van der Waals surface area contributed by atoms with Crippen LogP contribution in [0.25, 0.3) is 0 Å². The molecule has 1 rings (SSSR count). The molecule has 1 aliphatic carbocycles. The van der Waals surface area contributed by atoms with Gasteiger partial charge < -0.3 is 10.2 Å². The van der Waals surface area contributed by atoms with E-state index < -0.39 is 0 Å². The Labute approximate surface area is 134 Å². The van der Waals surface area contributed by atoms with Gasteiger partial charge in [0.1, 0.15) is 0 Å². The van der Waals surface area contributed by atoms with Gasteiger partial charge in [0.05, 0.1) is 0 Å². The monoisotopic (exact) mass is 296 g/mol. The van der Waals surface area contributed by atoms with Crippen molar-refractivity contribution >= 4 is 0 Å². The summed E-state index contributed by atoms with van der Waals surface area (Å²) in [5.74, 6) is 1.64. The van der Waals surface area contributed by atoms with Crippen LogP contribution in [-0.2, 0) is 0 Å². The van der Waals surface area contributed by atoms with Gasteiger partial charge in [-0.25, -0.2) is 0 Å². The third-order valence-electron chi connectivity index (χ3n) is 4.94. The van der Waals surface area contributed by atoms with Crippen molar-refractivity contribution in [2.45, 2.75) is 86.2 Å². The zero-order chi connectivity index (χ0) is 16.0. The van der Waals surface area contributed by atoms with E-state index in [2.05, 4.69) is 58.7 Å². The maximum Gasteiger partial charge on any atom is 0.00531 e. The van der Waals surface area contributed by atoms with E-state index in [1.54, 1.807) is 0 Å². The van der Waals surface area contributed by atoms with Crippen molar-refractivity contribution in [2.75, 3.05) is 19.6 Å². The highest BCUT2D eigenvalue weighted by molar-refractivity contribution is 4.91. The number of nitrogens with zero attached hydrogens (tertiary/aromatic N) is 1. The second kappa shape index (κ2) is 8.53. The Hall–Kier alpha value is -0.0800. The summed E-state index contributed by atoms with van der Waals surface area (Å²) < 4.78 is 0. The van der Waals surface area contributed by atoms with E-state index in [9.17, 15) is 0 Å². The average molecular weight is 297 g/mol. The first-order valence-electron chi connectivity index (χ1n) is 9.21. The van der Waals surface area contributed by atoms with Crippen LogP contribution in [0.5, 0.6) is 0 Å². The second-order valence-electron chi connectivity index (χ2n) is 8.65. The lowest BCUT2D eigenvalue weighted by Crippen LogP contribution is -2.50. The average Bonchev–Trinajstić information content (AvgIpc) is 2.35. The number of hydrogen-bond acceptors (Lipinski definition) is 2. The molecule has 0 aromatic rings. The Morgan fingerprint density at radius 3 is 2.29 bits per heavy atom. The smallest absolute Gasteiger partial charge is 0.00531 e. The summed E-state index contributed by atoms with van der Waals surface area (Å²) in [5, 5.41) is 3.75. The van der Waals surface area contributed by atoms with Crippen LogP contribution in [0.3, 0.4) is 0 Å². The van der Waals surface area contributed by atoms with Gasteiger partial charge >= 0.3 is 0 Å². The molecular formula is C19H40N2. The molecule has 0 saturated heterocycles. The van der Waals surface area contributed by atoms with Crippen molar-refractivity contribution in [2.24, 2.45) is 17.3 Å². The van der Waals surface area contributed by atoms with Crippen LogP contribution in [0, 0.1) is 17.3 Å². The predicted molar refractivity (Wildman–Crippen MR) is 94.8 cm³/mol. The second-order valence-corrected chi connectivity index (χ2v) is 8.65. The standard InChI is InChI=1S/C19H40N2/c1-15(2)12-21(17(5)6)14-19(13-20-16(3)4)10-8-9-18(7)11-19/h15-18,20H,8-14H2,1-7H3. The summed E-state index contributed by atoms with van der Waals surface area (Å²) in [4.78, 5) is 2.73. The molecule has 0 bridgehead atoms. The highest BCUT2D eigenvalue weighted by atomic mass is 15.2. The van der Waals surface area contributed by atoms with Crippen molar-refractivity contribution < 1.29 is 0 Å². The lowest BCUT2D eigenvalue weighted by atomic mass is 9.69. The summed E-state index contributed by atoms with van der Waals surface area (Å²) in [6.07, 6.45) is 5.64. The minimum absolute atomic E-state index is 0.487. The van der Waals surface area contributed by atoms with Gasteiger partial charge in [0.15, 0.2) is 0 Å². The minimum atomic E-state index is 0.487. The molecule has 0 aromatic heterocycles. The van der Waals surface area contributed by atoms with Crippen LogP contribution in [-0.4, -0.2) is 36.6 Å². The molecule has 1 aliphatic rings. The van der Waals surface area contributed by atoms with Gasteiger partial charge in [0.25, 0.3) is 0 Å². The number of nitrogens with one attached hydrogen (secondary N) is 1. The molecule has 1 saturated carbocycles. The molecule has 2 atom stereocenters. The van der Waals surface area contributed by atoms with E-state index in [1.807, 2.05) is 0 Å². The molecular weight excluding hydrogens is 256 g/mol. The van der Waals surface area contributed by atoms with Crippen molar-refractivity contribution in [3.63, 3.8) is 0 Å². The molecule has 2 nitrogen and oxygen atoms in total. The SMILES string of the molecule is CC(C)CN(CC1(CNC(C)C)CCCC(C)C1)C(C)C. The summed E-state index contributed by atoms with van der Waals surface area (Å²) in [6, 6.07) is 1.25. The van der Waals surface area contributed by atoms with Crippen LogP contribution >= 0.6 is 0 Å². The van der Waals surface area contributed by atoms with Crippen molar-refractivity contribution in [3.05, 3.63) is 0 Å². The van der Waals surface area contributed by atoms with Gasteiger partial charge in [-0.15, -0.1) is 0 Å². The van der Waals surface area contributed by atoms with Gasteiger partial charge in [-0.05, 0) is 43.9 Å². The van der Waals surface area contributed by atoms with Gasteiger partial charge in [-0.3, -0.25) is 0 Å². The summed E-state index contributed by atoms with van der Waals surface area (Å²) in [7, 11) is 0. The Morgan fingerprint density at radius 2 is 1.81 bits per heavy atom. The first-order chi connectivity index (χ1) is 9.74. The van der Waals surface area contributed by atoms with E-state index in [1.165, 1.54) is 45.3 Å². The Bertz CT molecular complexity index is 285. The van der Waals surface area contributed by atoms with Gasteiger partial charge in [0, 0.05) is 31.7 Å². The van der Waals surface area contributed by atoms with E-state index in [-0.39, 0.29) is 0 Å². The number of hydrogen-bond donors (Lipinski definition) is 1. The van der Waals surface area contributed by atoms with Crippen LogP contribution in [0.1, 0.15) is 74.1 Å². The lowest BCUT2D eigenvalue weighted by molar-refractivity contribution is 0.0569. The largest absolute Gasteiger partial charge is 0.314 e. The molecule has 0 aromatic carbocycles. The van der Waals surface area contributed by atoms with Crippen LogP contribution in [0.2, 0.25) is 0 Å². The normalized spacial score (nSPS) is 27.3. The molecule has 1 fully saturated rings. The van der Waals surface area contributed by atoms with Crippen molar-refractivity contribution in [1.29, 1.82) is 0 Å². The summed E-state index contributed by atoms with van der Waals surface area (Å²) >= 11 is 0. The van der Waals surface area contributed by atoms with E-state index >= 15 is 0 Å². The predicted octanol–water partition coefficient (Wildman–Crippen LogP) is 4.55. The van der Waals surface area contributed by atoms with Crippen molar-refractivity contribution in [1.82, 2.24) is 10.2 Å². The third-order valence-corrected chi connectivity index (χ3v) is 4.94. The van der Waals surface area contributed by atoms with Crippen molar-refractivity contribution in [3.8, 4) is 0 Å². The van der Waals surface area contributed by atoms with E-state index in [4.69, 9.17) is 0 Å². The van der Waals surface area contributed by atoms with Crippen LogP contribution < -0.4 is 5.32 Å². The third kappa shape index (κ3) is 6.69. The molecule has 2 heteroatoms. The number of rotatable bonds is 8. The fraction of sp³-hybridized carbons (Fsp3) is 1.00. The lowest BCUT2D eigenvalue weighted by Gasteiger charge is -2.45. The molecule has 0 amide bonds. The molecule has 0 heterocycles. The Balaban J connectivity index is 2.78. The molecule has 126 valence electrons. The fourth-order valence-electron chi connectivity index (χ4n) is 3.91. The van der Waals surface area contributed by atoms with Crippen LogP contribution in [0.15, 0.2) is 0 Å². The Kier molecular flexibility index (Phi) is 7.70. The highest BCUT2D eigenvalue weighted by Gasteiger charge is 2.37. The zero-order valence-corrected chi connectivity index (χ0v) is 15.7. The molecule has 0 aliphatic heterocycles. The first-order valence-corrected chi connectivity index (χ1v) is 9.21. The van der Waals surface area contributed by atoms with Gasteiger partial charge in [0.2, 0.25) is 0 Å². The molecule has 1 N–H and O–H groups in total. The fourth-order valence-corrected chi connectivity index (χ4v) is 3.91. The van der Waals surface area contributed by atoms with Gasteiger partial charge in [-0.2, -0.15) is 0 Å². The van der Waals surface area contributed by atoms with Crippen LogP contribution in [0.4, 0.5) is 0 Å². The first kappa shape index (κ1) is 19.0. The quantitative estimate of drug-likeness (QED) is 0.707. The van der Waals surface area contributed by atoms with E-state index in [0.717, 1.165) is 11.8 Å². The van der Waals surface area contributed by atoms with E-state index in [0.29, 0.717) is 17.5 Å². The maximum absolute atomic E-state index is 3.75.